The molecule has 0 radical (unpaired) electrons. The van der Waals surface area contributed by atoms with Gasteiger partial charge in [-0.3, -0.25) is 0 Å². The van der Waals surface area contributed by atoms with Crippen molar-refractivity contribution in [1.29, 1.82) is 0 Å². The molecule has 1 aromatic heterocycles. The molecule has 1 saturated heterocycles. The fourth-order valence-electron chi connectivity index (χ4n) is 3.24. The lowest BCUT2D eigenvalue weighted by Crippen LogP contribution is -2.34. The summed E-state index contributed by atoms with van der Waals surface area (Å²) in [6.45, 7) is 4.61. The van der Waals surface area contributed by atoms with Crippen molar-refractivity contribution in [2.45, 2.75) is 38.6 Å². The van der Waals surface area contributed by atoms with Crippen LogP contribution in [0.4, 0.5) is 0 Å². The van der Waals surface area contributed by atoms with Crippen molar-refractivity contribution in [3.05, 3.63) is 42.2 Å². The van der Waals surface area contributed by atoms with Gasteiger partial charge in [0.15, 0.2) is 6.33 Å². The molecule has 1 aliphatic heterocycles. The Hall–Kier alpha value is -1.75. The molecule has 1 fully saturated rings. The van der Waals surface area contributed by atoms with Crippen molar-refractivity contribution < 1.29 is 0 Å². The molecule has 5 heteroatoms. The van der Waals surface area contributed by atoms with Crippen molar-refractivity contribution in [2.24, 2.45) is 5.92 Å². The highest BCUT2D eigenvalue weighted by Gasteiger charge is 2.18. The zero-order valence-electron chi connectivity index (χ0n) is 13.1. The van der Waals surface area contributed by atoms with E-state index < -0.39 is 0 Å². The molecule has 0 bridgehead atoms. The number of tetrazole rings is 1. The van der Waals surface area contributed by atoms with E-state index in [1.807, 2.05) is 0 Å². The molecule has 0 atom stereocenters. The van der Waals surface area contributed by atoms with Gasteiger partial charge in [0.25, 0.3) is 0 Å². The number of aromatic nitrogens is 4. The molecule has 3 rings (SSSR count). The summed E-state index contributed by atoms with van der Waals surface area (Å²) in [6, 6.07) is 10.8. The van der Waals surface area contributed by atoms with E-state index in [0.29, 0.717) is 0 Å². The summed E-state index contributed by atoms with van der Waals surface area (Å²) >= 11 is 0. The second kappa shape index (κ2) is 8.03. The Morgan fingerprint density at radius 2 is 1.86 bits per heavy atom. The highest BCUT2D eigenvalue weighted by atomic mass is 15.6. The van der Waals surface area contributed by atoms with Gasteiger partial charge < -0.3 is 4.90 Å². The lowest BCUT2D eigenvalue weighted by atomic mass is 9.93. The average Bonchev–Trinajstić information content (AvgIpc) is 3.09. The standard InChI is InChI=1S/C17H25N5/c1-2-5-16(6-3-1)7-4-11-21-12-8-17(9-13-21)10-14-22-19-15-18-20-22/h1-3,5-6,15,17H,4,7-14H2. The maximum Gasteiger partial charge on any atom is 0.162 e. The van der Waals surface area contributed by atoms with Gasteiger partial charge in [0.1, 0.15) is 0 Å². The van der Waals surface area contributed by atoms with Gasteiger partial charge in [-0.05, 0) is 68.4 Å². The van der Waals surface area contributed by atoms with E-state index in [4.69, 9.17) is 0 Å². The van der Waals surface area contributed by atoms with Crippen LogP contribution in [0.3, 0.4) is 0 Å². The second-order valence-electron chi connectivity index (χ2n) is 6.19. The Morgan fingerprint density at radius 1 is 1.05 bits per heavy atom. The molecular weight excluding hydrogens is 274 g/mol. The topological polar surface area (TPSA) is 46.8 Å². The van der Waals surface area contributed by atoms with Crippen molar-refractivity contribution in [1.82, 2.24) is 25.1 Å². The number of aryl methyl sites for hydroxylation is 2. The molecule has 1 aliphatic rings. The van der Waals surface area contributed by atoms with E-state index in [1.54, 1.807) is 4.80 Å². The van der Waals surface area contributed by atoms with Gasteiger partial charge in [-0.1, -0.05) is 30.3 Å². The highest BCUT2D eigenvalue weighted by Crippen LogP contribution is 2.21. The minimum atomic E-state index is 0.816. The number of benzene rings is 1. The van der Waals surface area contributed by atoms with Crippen LogP contribution >= 0.6 is 0 Å². The number of piperidine rings is 1. The Labute approximate surface area is 132 Å². The fourth-order valence-corrected chi connectivity index (χ4v) is 3.24. The number of hydrogen-bond acceptors (Lipinski definition) is 4. The molecule has 22 heavy (non-hydrogen) atoms. The smallest absolute Gasteiger partial charge is 0.162 e. The number of hydrogen-bond donors (Lipinski definition) is 0. The van der Waals surface area contributed by atoms with Gasteiger partial charge >= 0.3 is 0 Å². The van der Waals surface area contributed by atoms with Crippen LogP contribution < -0.4 is 0 Å². The Balaban J connectivity index is 1.30. The molecule has 0 amide bonds. The van der Waals surface area contributed by atoms with E-state index in [1.165, 1.54) is 63.6 Å². The molecule has 118 valence electrons. The van der Waals surface area contributed by atoms with Gasteiger partial charge in [0.2, 0.25) is 0 Å². The van der Waals surface area contributed by atoms with Crippen molar-refractivity contribution >= 4 is 0 Å². The van der Waals surface area contributed by atoms with Crippen molar-refractivity contribution in [2.75, 3.05) is 19.6 Å². The first-order valence-corrected chi connectivity index (χ1v) is 8.37. The molecule has 2 heterocycles. The van der Waals surface area contributed by atoms with E-state index >= 15 is 0 Å². The monoisotopic (exact) mass is 299 g/mol. The van der Waals surface area contributed by atoms with Gasteiger partial charge in [-0.2, -0.15) is 4.80 Å². The van der Waals surface area contributed by atoms with Crippen molar-refractivity contribution in [3.8, 4) is 0 Å². The summed E-state index contributed by atoms with van der Waals surface area (Å²) < 4.78 is 0. The quantitative estimate of drug-likeness (QED) is 0.787. The zero-order valence-corrected chi connectivity index (χ0v) is 13.1. The number of nitrogens with zero attached hydrogens (tertiary/aromatic N) is 5. The van der Waals surface area contributed by atoms with Crippen LogP contribution in [0.1, 0.15) is 31.2 Å². The van der Waals surface area contributed by atoms with E-state index in [-0.39, 0.29) is 0 Å². The predicted molar refractivity (Wildman–Crippen MR) is 86.4 cm³/mol. The molecule has 5 nitrogen and oxygen atoms in total. The predicted octanol–water partition coefficient (Wildman–Crippen LogP) is 2.41. The SMILES string of the molecule is c1ccc(CCCN2CCC(CCn3ncnn3)CC2)cc1. The lowest BCUT2D eigenvalue weighted by Gasteiger charge is -2.31. The van der Waals surface area contributed by atoms with Crippen LogP contribution in [0.15, 0.2) is 36.7 Å². The molecule has 1 aromatic carbocycles. The summed E-state index contributed by atoms with van der Waals surface area (Å²) in [4.78, 5) is 4.32. The van der Waals surface area contributed by atoms with Gasteiger partial charge in [-0.15, -0.1) is 10.2 Å². The molecular formula is C17H25N5. The van der Waals surface area contributed by atoms with Crippen LogP contribution in [0, 0.1) is 5.92 Å². The normalized spacial score (nSPS) is 16.9. The third-order valence-corrected chi connectivity index (χ3v) is 4.62. The summed E-state index contributed by atoms with van der Waals surface area (Å²) in [5, 5.41) is 11.7. The molecule has 0 saturated carbocycles. The van der Waals surface area contributed by atoms with Crippen LogP contribution in [-0.2, 0) is 13.0 Å². The van der Waals surface area contributed by atoms with Gasteiger partial charge in [-0.25, -0.2) is 0 Å². The largest absolute Gasteiger partial charge is 0.303 e. The van der Waals surface area contributed by atoms with E-state index in [0.717, 1.165) is 12.5 Å². The summed E-state index contributed by atoms with van der Waals surface area (Å²) in [5.74, 6) is 0.816. The molecule has 0 unspecified atom stereocenters. The van der Waals surface area contributed by atoms with E-state index in [2.05, 4.69) is 50.6 Å². The maximum absolute atomic E-state index is 4.07. The Kier molecular flexibility index (Phi) is 5.54. The van der Waals surface area contributed by atoms with Gasteiger partial charge in [0.05, 0.1) is 6.54 Å². The summed E-state index contributed by atoms with van der Waals surface area (Å²) in [6.07, 6.45) is 7.75. The summed E-state index contributed by atoms with van der Waals surface area (Å²) in [5.41, 5.74) is 1.46. The molecule has 0 aliphatic carbocycles. The second-order valence-corrected chi connectivity index (χ2v) is 6.19. The van der Waals surface area contributed by atoms with Gasteiger partial charge in [0, 0.05) is 0 Å². The minimum Gasteiger partial charge on any atom is -0.303 e. The van der Waals surface area contributed by atoms with Crippen LogP contribution in [0.2, 0.25) is 0 Å². The highest BCUT2D eigenvalue weighted by molar-refractivity contribution is 5.14. The summed E-state index contributed by atoms with van der Waals surface area (Å²) in [7, 11) is 0. The first-order chi connectivity index (χ1) is 10.9. The zero-order chi connectivity index (χ0) is 15.0. The maximum atomic E-state index is 4.07. The minimum absolute atomic E-state index is 0.816. The Bertz CT molecular complexity index is 517. The van der Waals surface area contributed by atoms with Crippen LogP contribution in [0.25, 0.3) is 0 Å². The first-order valence-electron chi connectivity index (χ1n) is 8.37. The number of rotatable bonds is 7. The molecule has 0 N–H and O–H groups in total. The fraction of sp³-hybridized carbons (Fsp3) is 0.588. The average molecular weight is 299 g/mol. The van der Waals surface area contributed by atoms with Crippen molar-refractivity contribution in [3.63, 3.8) is 0 Å². The number of likely N-dealkylation sites (tertiary alicyclic amines) is 1. The molecule has 0 spiro atoms. The third-order valence-electron chi connectivity index (χ3n) is 4.62. The van der Waals surface area contributed by atoms with Crippen LogP contribution in [0.5, 0.6) is 0 Å². The lowest BCUT2D eigenvalue weighted by molar-refractivity contribution is 0.172. The Morgan fingerprint density at radius 3 is 2.59 bits per heavy atom. The first kappa shape index (κ1) is 15.2. The van der Waals surface area contributed by atoms with Crippen LogP contribution in [-0.4, -0.2) is 44.7 Å². The third kappa shape index (κ3) is 4.63. The van der Waals surface area contributed by atoms with E-state index in [9.17, 15) is 0 Å². The molecule has 2 aromatic rings.